The van der Waals surface area contributed by atoms with Crippen molar-refractivity contribution in [1.29, 1.82) is 0 Å². The zero-order chi connectivity index (χ0) is 18.7. The summed E-state index contributed by atoms with van der Waals surface area (Å²) < 4.78 is 6.81. The van der Waals surface area contributed by atoms with Gasteiger partial charge in [-0.3, -0.25) is 4.79 Å². The minimum absolute atomic E-state index is 0.327. The van der Waals surface area contributed by atoms with Gasteiger partial charge in [0.2, 0.25) is 0 Å². The highest BCUT2D eigenvalue weighted by Crippen LogP contribution is 2.31. The number of halogens is 1. The Kier molecular flexibility index (Phi) is 5.39. The summed E-state index contributed by atoms with van der Waals surface area (Å²) in [5, 5.41) is 8.52. The highest BCUT2D eigenvalue weighted by molar-refractivity contribution is 7.20. The molecule has 134 valence electrons. The summed E-state index contributed by atoms with van der Waals surface area (Å²) in [5.41, 5.74) is 1.60. The predicted octanol–water partition coefficient (Wildman–Crippen LogP) is 3.51. The second-order valence-electron chi connectivity index (χ2n) is 5.48. The lowest BCUT2D eigenvalue weighted by atomic mass is 10.3. The lowest BCUT2D eigenvalue weighted by Crippen LogP contribution is -2.28. The molecule has 0 saturated carbocycles. The van der Waals surface area contributed by atoms with Gasteiger partial charge in [-0.15, -0.1) is 17.9 Å². The number of nitrogens with zero attached hydrogens (tertiary/aromatic N) is 2. The molecule has 0 fully saturated rings. The zero-order valence-electron chi connectivity index (χ0n) is 14.0. The van der Waals surface area contributed by atoms with Gasteiger partial charge in [0.1, 0.15) is 9.71 Å². The van der Waals surface area contributed by atoms with Crippen LogP contribution in [-0.2, 0) is 9.53 Å². The molecule has 26 heavy (non-hydrogen) atoms. The molecule has 0 spiro atoms. The fourth-order valence-electron chi connectivity index (χ4n) is 2.37. The third-order valence-electron chi connectivity index (χ3n) is 3.58. The van der Waals surface area contributed by atoms with Crippen molar-refractivity contribution < 1.29 is 14.3 Å². The number of benzene rings is 1. The number of esters is 1. The van der Waals surface area contributed by atoms with E-state index in [1.54, 1.807) is 29.0 Å². The number of carbonyl (C=O) groups excluding carboxylic acids is 2. The van der Waals surface area contributed by atoms with E-state index in [1.807, 2.05) is 19.1 Å². The lowest BCUT2D eigenvalue weighted by Gasteiger charge is -2.04. The number of amides is 1. The maximum atomic E-state index is 12.2. The van der Waals surface area contributed by atoms with E-state index in [9.17, 15) is 9.59 Å². The van der Waals surface area contributed by atoms with Crippen LogP contribution in [-0.4, -0.2) is 34.8 Å². The van der Waals surface area contributed by atoms with Crippen molar-refractivity contribution >= 4 is 45.0 Å². The second-order valence-corrected chi connectivity index (χ2v) is 6.94. The Bertz CT molecular complexity index is 993. The van der Waals surface area contributed by atoms with Gasteiger partial charge in [0, 0.05) is 17.0 Å². The third-order valence-corrected chi connectivity index (χ3v) is 4.90. The van der Waals surface area contributed by atoms with Gasteiger partial charge in [-0.05, 0) is 31.2 Å². The number of ether oxygens (including phenoxy) is 1. The van der Waals surface area contributed by atoms with Gasteiger partial charge in [-0.2, -0.15) is 5.10 Å². The van der Waals surface area contributed by atoms with Crippen molar-refractivity contribution in [3.63, 3.8) is 0 Å². The third kappa shape index (κ3) is 3.79. The van der Waals surface area contributed by atoms with Crippen molar-refractivity contribution in [3.05, 3.63) is 58.6 Å². The molecule has 8 heteroatoms. The molecule has 2 aromatic heterocycles. The van der Waals surface area contributed by atoms with Crippen LogP contribution in [0.15, 0.2) is 43.0 Å². The normalized spacial score (nSPS) is 10.7. The Morgan fingerprint density at radius 2 is 2.23 bits per heavy atom. The van der Waals surface area contributed by atoms with Crippen molar-refractivity contribution in [3.8, 4) is 5.69 Å². The molecule has 2 heterocycles. The van der Waals surface area contributed by atoms with E-state index in [0.717, 1.165) is 21.6 Å². The Morgan fingerprint density at radius 1 is 1.42 bits per heavy atom. The number of aryl methyl sites for hydroxylation is 1. The quantitative estimate of drug-likeness (QED) is 0.517. The maximum absolute atomic E-state index is 12.2. The van der Waals surface area contributed by atoms with Crippen LogP contribution in [0.3, 0.4) is 0 Å². The Morgan fingerprint density at radius 3 is 2.96 bits per heavy atom. The van der Waals surface area contributed by atoms with E-state index in [4.69, 9.17) is 16.3 Å². The molecule has 1 aromatic carbocycles. The van der Waals surface area contributed by atoms with Crippen LogP contribution < -0.4 is 5.32 Å². The molecular formula is C18H16ClN3O3S. The molecule has 0 aliphatic heterocycles. The number of carbonyl (C=O) groups is 2. The Balaban J connectivity index is 1.83. The first-order valence-corrected chi connectivity index (χ1v) is 8.99. The molecule has 6 nitrogen and oxygen atoms in total. The molecular weight excluding hydrogens is 374 g/mol. The molecule has 0 atom stereocenters. The number of fused-ring (bicyclic) bond motifs is 1. The molecule has 0 bridgehead atoms. The molecule has 0 aliphatic rings. The van der Waals surface area contributed by atoms with E-state index in [0.29, 0.717) is 16.4 Å². The number of hydrogen-bond donors (Lipinski definition) is 1. The van der Waals surface area contributed by atoms with Crippen molar-refractivity contribution in [2.24, 2.45) is 0 Å². The molecule has 0 unspecified atom stereocenters. The maximum Gasteiger partial charge on any atom is 0.348 e. The molecule has 3 rings (SSSR count). The summed E-state index contributed by atoms with van der Waals surface area (Å²) in [6.07, 6.45) is 1.55. The van der Waals surface area contributed by atoms with Crippen molar-refractivity contribution in [2.75, 3.05) is 13.2 Å². The summed E-state index contributed by atoms with van der Waals surface area (Å²) in [6.45, 7) is 5.37. The summed E-state index contributed by atoms with van der Waals surface area (Å²) in [6, 6.07) is 9.04. The molecule has 1 N–H and O–H groups in total. The summed E-state index contributed by atoms with van der Waals surface area (Å²) in [7, 11) is 0. The minimum Gasteiger partial charge on any atom is -0.451 e. The monoisotopic (exact) mass is 389 g/mol. The molecule has 0 aliphatic carbocycles. The number of nitrogens with one attached hydrogen (secondary N) is 1. The predicted molar refractivity (Wildman–Crippen MR) is 102 cm³/mol. The average Bonchev–Trinajstić information content (AvgIpc) is 3.18. The van der Waals surface area contributed by atoms with Gasteiger partial charge in [0.15, 0.2) is 6.61 Å². The lowest BCUT2D eigenvalue weighted by molar-refractivity contribution is -0.124. The van der Waals surface area contributed by atoms with E-state index in [2.05, 4.69) is 17.0 Å². The van der Waals surface area contributed by atoms with Crippen LogP contribution in [0.2, 0.25) is 5.02 Å². The smallest absolute Gasteiger partial charge is 0.348 e. The van der Waals surface area contributed by atoms with Gasteiger partial charge >= 0.3 is 5.97 Å². The van der Waals surface area contributed by atoms with Crippen molar-refractivity contribution in [1.82, 2.24) is 15.1 Å². The van der Waals surface area contributed by atoms with Gasteiger partial charge in [-0.25, -0.2) is 9.48 Å². The summed E-state index contributed by atoms with van der Waals surface area (Å²) >= 11 is 7.32. The fraction of sp³-hybridized carbons (Fsp3) is 0.167. The number of thiophene rings is 1. The topological polar surface area (TPSA) is 73.2 Å². The zero-order valence-corrected chi connectivity index (χ0v) is 15.6. The second kappa shape index (κ2) is 7.72. The van der Waals surface area contributed by atoms with Crippen molar-refractivity contribution in [2.45, 2.75) is 6.92 Å². The molecule has 3 aromatic rings. The Hall–Kier alpha value is -2.64. The van der Waals surface area contributed by atoms with E-state index < -0.39 is 5.97 Å². The number of rotatable bonds is 6. The van der Waals surface area contributed by atoms with Gasteiger partial charge < -0.3 is 10.1 Å². The van der Waals surface area contributed by atoms with E-state index in [1.165, 1.54) is 11.3 Å². The standard InChI is InChI=1S/C18H16ClN3O3S/c1-3-7-20-16(23)10-25-18(24)15-9-14-11(2)21-22(17(14)26-15)13-6-4-5-12(19)8-13/h3-6,8-9H,1,7,10H2,2H3,(H,20,23). The molecule has 0 saturated heterocycles. The highest BCUT2D eigenvalue weighted by Gasteiger charge is 2.19. The first-order valence-electron chi connectivity index (χ1n) is 7.79. The minimum atomic E-state index is -0.544. The van der Waals surface area contributed by atoms with Gasteiger partial charge in [0.25, 0.3) is 5.91 Å². The highest BCUT2D eigenvalue weighted by atomic mass is 35.5. The largest absolute Gasteiger partial charge is 0.451 e. The average molecular weight is 390 g/mol. The summed E-state index contributed by atoms with van der Waals surface area (Å²) in [4.78, 5) is 25.0. The molecule has 1 amide bonds. The first-order chi connectivity index (χ1) is 12.5. The van der Waals surface area contributed by atoms with Crippen LogP contribution in [0.5, 0.6) is 0 Å². The number of aromatic nitrogens is 2. The first kappa shape index (κ1) is 18.2. The van der Waals surface area contributed by atoms with Crippen LogP contribution >= 0.6 is 22.9 Å². The van der Waals surface area contributed by atoms with E-state index in [-0.39, 0.29) is 12.5 Å². The van der Waals surface area contributed by atoms with Crippen LogP contribution in [0.25, 0.3) is 15.9 Å². The van der Waals surface area contributed by atoms with Gasteiger partial charge in [-0.1, -0.05) is 23.7 Å². The Labute approximate surface area is 159 Å². The summed E-state index contributed by atoms with van der Waals surface area (Å²) in [5.74, 6) is -0.919. The van der Waals surface area contributed by atoms with Crippen LogP contribution in [0.4, 0.5) is 0 Å². The van der Waals surface area contributed by atoms with Crippen LogP contribution in [0, 0.1) is 6.92 Å². The fourth-order valence-corrected chi connectivity index (χ4v) is 3.63. The van der Waals surface area contributed by atoms with Gasteiger partial charge in [0.05, 0.1) is 11.4 Å². The number of hydrogen-bond acceptors (Lipinski definition) is 5. The SMILES string of the molecule is C=CCNC(=O)COC(=O)c1cc2c(C)nn(-c3cccc(Cl)c3)c2s1. The van der Waals surface area contributed by atoms with Crippen LogP contribution in [0.1, 0.15) is 15.4 Å². The van der Waals surface area contributed by atoms with E-state index >= 15 is 0 Å². The molecule has 0 radical (unpaired) electrons.